The number of hydrogen-bond acceptors (Lipinski definition) is 5. The van der Waals surface area contributed by atoms with E-state index in [0.29, 0.717) is 0 Å². The maximum absolute atomic E-state index is 4.12. The summed E-state index contributed by atoms with van der Waals surface area (Å²) in [6, 6.07) is 0. The summed E-state index contributed by atoms with van der Waals surface area (Å²) in [6.45, 7) is 2.03. The standard InChI is InChI=1S/C7H7N3S2/c1-5-4-9-12-6(5)10-7-8-2-3-11-7/h2-4H,1H3,(H,8,10). The van der Waals surface area contributed by atoms with E-state index in [-0.39, 0.29) is 0 Å². The molecule has 12 heavy (non-hydrogen) atoms. The molecule has 0 spiro atoms. The average Bonchev–Trinajstić information content (AvgIpc) is 2.65. The van der Waals surface area contributed by atoms with Gasteiger partial charge in [-0.25, -0.2) is 4.98 Å². The van der Waals surface area contributed by atoms with Crippen LogP contribution in [0.4, 0.5) is 10.1 Å². The van der Waals surface area contributed by atoms with E-state index >= 15 is 0 Å². The predicted octanol–water partition coefficient (Wildman–Crippen LogP) is 2.65. The zero-order valence-electron chi connectivity index (χ0n) is 6.44. The number of aryl methyl sites for hydroxylation is 1. The molecule has 1 N–H and O–H groups in total. The summed E-state index contributed by atoms with van der Waals surface area (Å²) in [5, 5.41) is 7.13. The van der Waals surface area contributed by atoms with Crippen molar-refractivity contribution in [1.29, 1.82) is 0 Å². The number of nitrogens with zero attached hydrogens (tertiary/aromatic N) is 2. The van der Waals surface area contributed by atoms with Crippen LogP contribution in [-0.2, 0) is 0 Å². The van der Waals surface area contributed by atoms with E-state index in [2.05, 4.69) is 14.7 Å². The molecule has 62 valence electrons. The lowest BCUT2D eigenvalue weighted by Crippen LogP contribution is -1.86. The molecule has 0 amide bonds. The van der Waals surface area contributed by atoms with E-state index in [1.54, 1.807) is 17.5 Å². The molecule has 3 nitrogen and oxygen atoms in total. The van der Waals surface area contributed by atoms with Crippen LogP contribution in [0.1, 0.15) is 5.56 Å². The first-order valence-corrected chi connectivity index (χ1v) is 5.09. The third-order valence-electron chi connectivity index (χ3n) is 1.40. The summed E-state index contributed by atoms with van der Waals surface area (Å²) in [5.74, 6) is 0. The topological polar surface area (TPSA) is 37.8 Å². The first-order valence-electron chi connectivity index (χ1n) is 3.44. The monoisotopic (exact) mass is 197 g/mol. The fraction of sp³-hybridized carbons (Fsp3) is 0.143. The molecule has 0 aliphatic heterocycles. The van der Waals surface area contributed by atoms with Crippen molar-refractivity contribution in [2.75, 3.05) is 5.32 Å². The van der Waals surface area contributed by atoms with Gasteiger partial charge >= 0.3 is 0 Å². The third-order valence-corrected chi connectivity index (χ3v) is 2.91. The molecular weight excluding hydrogens is 190 g/mol. The van der Waals surface area contributed by atoms with Gasteiger partial charge in [0.05, 0.1) is 0 Å². The fourth-order valence-electron chi connectivity index (χ4n) is 0.792. The molecule has 2 aromatic heterocycles. The van der Waals surface area contributed by atoms with Crippen LogP contribution in [0.15, 0.2) is 17.8 Å². The molecule has 0 radical (unpaired) electrons. The molecule has 0 aliphatic rings. The third kappa shape index (κ3) is 1.46. The Morgan fingerprint density at radius 2 is 2.42 bits per heavy atom. The van der Waals surface area contributed by atoms with Crippen molar-refractivity contribution >= 4 is 33.0 Å². The van der Waals surface area contributed by atoms with Gasteiger partial charge in [-0.1, -0.05) is 0 Å². The second-order valence-corrected chi connectivity index (χ2v) is 4.00. The smallest absolute Gasteiger partial charge is 0.187 e. The Balaban J connectivity index is 2.20. The van der Waals surface area contributed by atoms with Gasteiger partial charge in [-0.05, 0) is 18.5 Å². The van der Waals surface area contributed by atoms with E-state index in [9.17, 15) is 0 Å². The predicted molar refractivity (Wildman–Crippen MR) is 52.2 cm³/mol. The number of nitrogens with one attached hydrogen (secondary N) is 1. The number of rotatable bonds is 2. The van der Waals surface area contributed by atoms with Gasteiger partial charge in [0, 0.05) is 23.3 Å². The summed E-state index contributed by atoms with van der Waals surface area (Å²) in [7, 11) is 0. The minimum Gasteiger partial charge on any atom is -0.322 e. The van der Waals surface area contributed by atoms with E-state index in [4.69, 9.17) is 0 Å². The quantitative estimate of drug-likeness (QED) is 0.804. The first kappa shape index (κ1) is 7.70. The highest BCUT2D eigenvalue weighted by molar-refractivity contribution is 7.14. The van der Waals surface area contributed by atoms with E-state index in [1.165, 1.54) is 11.5 Å². The van der Waals surface area contributed by atoms with Crippen molar-refractivity contribution in [1.82, 2.24) is 9.36 Å². The van der Waals surface area contributed by atoms with Crippen LogP contribution in [0.3, 0.4) is 0 Å². The van der Waals surface area contributed by atoms with Gasteiger partial charge in [0.2, 0.25) is 0 Å². The number of hydrogen-bond donors (Lipinski definition) is 1. The summed E-state index contributed by atoms with van der Waals surface area (Å²) in [6.07, 6.45) is 3.63. The van der Waals surface area contributed by atoms with Gasteiger partial charge in [0.25, 0.3) is 0 Å². The Morgan fingerprint density at radius 3 is 3.00 bits per heavy atom. The second kappa shape index (κ2) is 3.20. The minimum atomic E-state index is 0.919. The van der Waals surface area contributed by atoms with Crippen LogP contribution in [0.2, 0.25) is 0 Å². The highest BCUT2D eigenvalue weighted by Crippen LogP contribution is 2.24. The summed E-state index contributed by atoms with van der Waals surface area (Å²) in [4.78, 5) is 4.12. The minimum absolute atomic E-state index is 0.919. The zero-order valence-corrected chi connectivity index (χ0v) is 8.08. The normalized spacial score (nSPS) is 10.1. The largest absolute Gasteiger partial charge is 0.322 e. The molecule has 2 rings (SSSR count). The lowest BCUT2D eigenvalue weighted by molar-refractivity contribution is 1.38. The van der Waals surface area contributed by atoms with Gasteiger partial charge in [-0.2, -0.15) is 4.37 Å². The molecule has 0 bridgehead atoms. The highest BCUT2D eigenvalue weighted by atomic mass is 32.1. The maximum atomic E-state index is 4.12. The molecule has 0 unspecified atom stereocenters. The molecule has 2 aromatic rings. The van der Waals surface area contributed by atoms with Gasteiger partial charge in [-0.15, -0.1) is 11.3 Å². The van der Waals surface area contributed by atoms with Crippen LogP contribution >= 0.6 is 22.9 Å². The van der Waals surface area contributed by atoms with Crippen molar-refractivity contribution in [3.8, 4) is 0 Å². The van der Waals surface area contributed by atoms with Crippen LogP contribution in [0.5, 0.6) is 0 Å². The van der Waals surface area contributed by atoms with Gasteiger partial charge < -0.3 is 5.32 Å². The first-order chi connectivity index (χ1) is 5.86. The maximum Gasteiger partial charge on any atom is 0.187 e. The summed E-state index contributed by atoms with van der Waals surface area (Å²) < 4.78 is 4.06. The summed E-state index contributed by atoms with van der Waals surface area (Å²) in [5.41, 5.74) is 1.16. The Bertz CT molecular complexity index is 352. The van der Waals surface area contributed by atoms with Gasteiger partial charge in [0.1, 0.15) is 5.00 Å². The number of anilines is 2. The molecule has 2 heterocycles. The molecular formula is C7H7N3S2. The van der Waals surface area contributed by atoms with Crippen molar-refractivity contribution in [3.05, 3.63) is 23.3 Å². The van der Waals surface area contributed by atoms with Crippen molar-refractivity contribution < 1.29 is 0 Å². The average molecular weight is 197 g/mol. The Morgan fingerprint density at radius 1 is 1.50 bits per heavy atom. The van der Waals surface area contributed by atoms with Gasteiger partial charge in [0.15, 0.2) is 5.13 Å². The lowest BCUT2D eigenvalue weighted by Gasteiger charge is -1.97. The Kier molecular flexibility index (Phi) is 2.05. The SMILES string of the molecule is Cc1cnsc1Nc1nccs1. The van der Waals surface area contributed by atoms with Crippen molar-refractivity contribution in [2.45, 2.75) is 6.92 Å². The van der Waals surface area contributed by atoms with E-state index < -0.39 is 0 Å². The number of thiazole rings is 1. The number of aromatic nitrogens is 2. The molecule has 0 fully saturated rings. The molecule has 0 saturated carbocycles. The van der Waals surface area contributed by atoms with Crippen LogP contribution in [0.25, 0.3) is 0 Å². The molecule has 0 atom stereocenters. The van der Waals surface area contributed by atoms with Crippen LogP contribution in [0, 0.1) is 6.92 Å². The van der Waals surface area contributed by atoms with E-state index in [0.717, 1.165) is 15.7 Å². The zero-order chi connectivity index (χ0) is 8.39. The van der Waals surface area contributed by atoms with Crippen molar-refractivity contribution in [3.63, 3.8) is 0 Å². The second-order valence-electron chi connectivity index (χ2n) is 2.30. The molecule has 5 heteroatoms. The Hall–Kier alpha value is -0.940. The van der Waals surface area contributed by atoms with Crippen molar-refractivity contribution in [2.24, 2.45) is 0 Å². The Labute approximate surface area is 78.3 Å². The molecule has 0 aromatic carbocycles. The lowest BCUT2D eigenvalue weighted by atomic mass is 10.4. The van der Waals surface area contributed by atoms with E-state index in [1.807, 2.05) is 18.5 Å². The van der Waals surface area contributed by atoms with Crippen LogP contribution < -0.4 is 5.32 Å². The van der Waals surface area contributed by atoms with Gasteiger partial charge in [-0.3, -0.25) is 0 Å². The fourth-order valence-corrected chi connectivity index (χ4v) is 2.05. The highest BCUT2D eigenvalue weighted by Gasteiger charge is 2.01. The molecule has 0 aliphatic carbocycles. The molecule has 0 saturated heterocycles. The van der Waals surface area contributed by atoms with Crippen LogP contribution in [-0.4, -0.2) is 9.36 Å². The summed E-state index contributed by atoms with van der Waals surface area (Å²) >= 11 is 3.04.